The standard InChI is InChI=1S/C15H18FNOS/c1-11(18)8-9-17-10-12-6-7-15(19-12)13-4-2-3-5-14(13)16/h2-7,11,17-18H,8-10H2,1H3. The molecule has 2 N–H and O–H groups in total. The van der Waals surface area contributed by atoms with E-state index < -0.39 is 0 Å². The Labute approximate surface area is 116 Å². The van der Waals surface area contributed by atoms with Crippen LogP contribution in [0.2, 0.25) is 0 Å². The van der Waals surface area contributed by atoms with Crippen LogP contribution in [0.15, 0.2) is 36.4 Å². The first kappa shape index (κ1) is 14.2. The van der Waals surface area contributed by atoms with Crippen molar-refractivity contribution in [1.29, 1.82) is 0 Å². The number of aliphatic hydroxyl groups is 1. The summed E-state index contributed by atoms with van der Waals surface area (Å²) < 4.78 is 13.6. The van der Waals surface area contributed by atoms with Gasteiger partial charge in [-0.3, -0.25) is 0 Å². The van der Waals surface area contributed by atoms with Gasteiger partial charge in [0.25, 0.3) is 0 Å². The third-order valence-electron chi connectivity index (χ3n) is 2.84. The largest absolute Gasteiger partial charge is 0.393 e. The molecule has 1 aromatic carbocycles. The number of aliphatic hydroxyl groups excluding tert-OH is 1. The van der Waals surface area contributed by atoms with Crippen molar-refractivity contribution in [3.8, 4) is 10.4 Å². The molecule has 0 radical (unpaired) electrons. The summed E-state index contributed by atoms with van der Waals surface area (Å²) in [6.45, 7) is 3.32. The minimum absolute atomic E-state index is 0.182. The molecule has 0 bridgehead atoms. The maximum Gasteiger partial charge on any atom is 0.131 e. The molecule has 4 heteroatoms. The van der Waals surface area contributed by atoms with Crippen molar-refractivity contribution in [2.45, 2.75) is 26.0 Å². The van der Waals surface area contributed by atoms with Gasteiger partial charge in [-0.2, -0.15) is 0 Å². The van der Waals surface area contributed by atoms with E-state index in [1.165, 1.54) is 10.9 Å². The Morgan fingerprint density at radius 2 is 2.05 bits per heavy atom. The monoisotopic (exact) mass is 279 g/mol. The highest BCUT2D eigenvalue weighted by atomic mass is 32.1. The van der Waals surface area contributed by atoms with Gasteiger partial charge in [0.2, 0.25) is 0 Å². The Morgan fingerprint density at radius 3 is 2.79 bits per heavy atom. The highest BCUT2D eigenvalue weighted by Gasteiger charge is 2.07. The average molecular weight is 279 g/mol. The first-order valence-corrected chi connectivity index (χ1v) is 7.21. The first-order valence-electron chi connectivity index (χ1n) is 6.39. The van der Waals surface area contributed by atoms with E-state index in [-0.39, 0.29) is 11.9 Å². The summed E-state index contributed by atoms with van der Waals surface area (Å²) in [4.78, 5) is 2.12. The third kappa shape index (κ3) is 4.13. The molecule has 1 unspecified atom stereocenters. The fourth-order valence-corrected chi connectivity index (χ4v) is 2.81. The van der Waals surface area contributed by atoms with E-state index in [9.17, 15) is 4.39 Å². The molecule has 0 aliphatic heterocycles. The van der Waals surface area contributed by atoms with E-state index in [1.807, 2.05) is 18.2 Å². The summed E-state index contributed by atoms with van der Waals surface area (Å²) in [5.74, 6) is -0.182. The zero-order valence-corrected chi connectivity index (χ0v) is 11.7. The Kier molecular flexibility index (Phi) is 5.07. The van der Waals surface area contributed by atoms with Crippen LogP contribution in [-0.4, -0.2) is 17.8 Å². The van der Waals surface area contributed by atoms with Gasteiger partial charge < -0.3 is 10.4 Å². The van der Waals surface area contributed by atoms with Crippen LogP contribution >= 0.6 is 11.3 Å². The maximum absolute atomic E-state index is 13.6. The van der Waals surface area contributed by atoms with Crippen molar-refractivity contribution < 1.29 is 9.50 Å². The van der Waals surface area contributed by atoms with E-state index in [2.05, 4.69) is 5.32 Å². The normalized spacial score (nSPS) is 12.6. The summed E-state index contributed by atoms with van der Waals surface area (Å²) in [6, 6.07) is 10.8. The average Bonchev–Trinajstić information content (AvgIpc) is 2.83. The van der Waals surface area contributed by atoms with Crippen LogP contribution in [0.5, 0.6) is 0 Å². The van der Waals surface area contributed by atoms with Gasteiger partial charge in [-0.05, 0) is 38.1 Å². The molecule has 0 saturated carbocycles. The van der Waals surface area contributed by atoms with Gasteiger partial charge >= 0.3 is 0 Å². The van der Waals surface area contributed by atoms with Crippen LogP contribution in [-0.2, 0) is 6.54 Å². The molecule has 1 heterocycles. The molecule has 2 aromatic rings. The van der Waals surface area contributed by atoms with Crippen molar-refractivity contribution in [3.63, 3.8) is 0 Å². The molecule has 2 nitrogen and oxygen atoms in total. The minimum atomic E-state index is -0.273. The predicted octanol–water partition coefficient (Wildman–Crippen LogP) is 3.41. The second-order valence-corrected chi connectivity index (χ2v) is 5.73. The van der Waals surface area contributed by atoms with E-state index in [0.717, 1.165) is 24.4 Å². The second kappa shape index (κ2) is 6.80. The highest BCUT2D eigenvalue weighted by Crippen LogP contribution is 2.29. The minimum Gasteiger partial charge on any atom is -0.393 e. The van der Waals surface area contributed by atoms with Gasteiger partial charge in [-0.1, -0.05) is 18.2 Å². The molecule has 0 aliphatic carbocycles. The molecule has 2 rings (SSSR count). The predicted molar refractivity (Wildman–Crippen MR) is 77.7 cm³/mol. The Hall–Kier alpha value is -1.23. The summed E-state index contributed by atoms with van der Waals surface area (Å²) in [5, 5.41) is 12.4. The molecule has 0 aliphatic rings. The lowest BCUT2D eigenvalue weighted by Gasteiger charge is -2.04. The van der Waals surface area contributed by atoms with Gasteiger partial charge in [-0.25, -0.2) is 4.39 Å². The maximum atomic E-state index is 13.6. The Balaban J connectivity index is 1.94. The smallest absolute Gasteiger partial charge is 0.131 e. The number of rotatable bonds is 6. The fraction of sp³-hybridized carbons (Fsp3) is 0.333. The van der Waals surface area contributed by atoms with Crippen LogP contribution in [0.3, 0.4) is 0 Å². The van der Waals surface area contributed by atoms with Crippen LogP contribution in [0.25, 0.3) is 10.4 Å². The van der Waals surface area contributed by atoms with Crippen molar-refractivity contribution in [3.05, 3.63) is 47.1 Å². The lowest BCUT2D eigenvalue weighted by molar-refractivity contribution is 0.183. The Morgan fingerprint density at radius 1 is 1.26 bits per heavy atom. The van der Waals surface area contributed by atoms with Crippen molar-refractivity contribution in [2.24, 2.45) is 0 Å². The van der Waals surface area contributed by atoms with Crippen LogP contribution in [0.4, 0.5) is 4.39 Å². The van der Waals surface area contributed by atoms with E-state index in [4.69, 9.17) is 5.11 Å². The topological polar surface area (TPSA) is 32.3 Å². The molecule has 1 aromatic heterocycles. The van der Waals surface area contributed by atoms with Gasteiger partial charge in [0, 0.05) is 21.9 Å². The van der Waals surface area contributed by atoms with Crippen molar-refractivity contribution >= 4 is 11.3 Å². The van der Waals surface area contributed by atoms with Gasteiger partial charge in [0.05, 0.1) is 6.10 Å². The summed E-state index contributed by atoms with van der Waals surface area (Å²) in [6.07, 6.45) is 0.468. The van der Waals surface area contributed by atoms with Crippen molar-refractivity contribution in [1.82, 2.24) is 5.32 Å². The zero-order chi connectivity index (χ0) is 13.7. The number of benzene rings is 1. The highest BCUT2D eigenvalue weighted by molar-refractivity contribution is 7.15. The fourth-order valence-electron chi connectivity index (χ4n) is 1.80. The summed E-state index contributed by atoms with van der Waals surface area (Å²) in [5.41, 5.74) is 0.655. The van der Waals surface area contributed by atoms with Gasteiger partial charge in [0.15, 0.2) is 0 Å². The first-order chi connectivity index (χ1) is 9.16. The molecule has 19 heavy (non-hydrogen) atoms. The molecule has 0 fully saturated rings. The van der Waals surface area contributed by atoms with E-state index in [1.54, 1.807) is 30.4 Å². The third-order valence-corrected chi connectivity index (χ3v) is 3.96. The number of nitrogens with one attached hydrogen (secondary N) is 1. The van der Waals surface area contributed by atoms with Crippen molar-refractivity contribution in [2.75, 3.05) is 6.54 Å². The lowest BCUT2D eigenvalue weighted by atomic mass is 10.2. The molecule has 0 amide bonds. The van der Waals surface area contributed by atoms with Gasteiger partial charge in [0.1, 0.15) is 5.82 Å². The molecule has 1 atom stereocenters. The quantitative estimate of drug-likeness (QED) is 0.794. The molecular formula is C15H18FNOS. The molecule has 0 saturated heterocycles. The SMILES string of the molecule is CC(O)CCNCc1ccc(-c2ccccc2F)s1. The van der Waals surface area contributed by atoms with Crippen LogP contribution in [0, 0.1) is 5.82 Å². The van der Waals surface area contributed by atoms with E-state index in [0.29, 0.717) is 5.56 Å². The lowest BCUT2D eigenvalue weighted by Crippen LogP contribution is -2.17. The number of halogens is 1. The number of thiophene rings is 1. The zero-order valence-electron chi connectivity index (χ0n) is 10.9. The van der Waals surface area contributed by atoms with E-state index >= 15 is 0 Å². The van der Waals surface area contributed by atoms with Crippen LogP contribution < -0.4 is 5.32 Å². The molecular weight excluding hydrogens is 261 g/mol. The summed E-state index contributed by atoms with van der Waals surface area (Å²) >= 11 is 1.59. The number of hydrogen-bond acceptors (Lipinski definition) is 3. The summed E-state index contributed by atoms with van der Waals surface area (Å²) in [7, 11) is 0. The Bertz CT molecular complexity index is 524. The second-order valence-electron chi connectivity index (χ2n) is 4.56. The molecule has 102 valence electrons. The number of hydrogen-bond donors (Lipinski definition) is 2. The van der Waals surface area contributed by atoms with Crippen LogP contribution in [0.1, 0.15) is 18.2 Å². The van der Waals surface area contributed by atoms with Gasteiger partial charge in [-0.15, -0.1) is 11.3 Å². The molecule has 0 spiro atoms.